The van der Waals surface area contributed by atoms with E-state index in [2.05, 4.69) is 10.3 Å². The van der Waals surface area contributed by atoms with E-state index in [1.807, 2.05) is 18.2 Å². The molecule has 1 fully saturated rings. The molecule has 1 saturated carbocycles. The Balaban J connectivity index is 1.81. The van der Waals surface area contributed by atoms with Crippen molar-refractivity contribution in [3.8, 4) is 0 Å². The standard InChI is InChI=1S/C20H26N4O3S/c1-23(2)18(26)12-21-17(25)13-28-20-22-16-11-7-6-10-15(16)19(27)24(20)14-8-4-3-5-9-14/h6-7,10-11,14H,3-5,8-9,12-13H2,1-2H3,(H,21,25). The maximum absolute atomic E-state index is 13.1. The van der Waals surface area contributed by atoms with E-state index in [9.17, 15) is 14.4 Å². The third kappa shape index (κ3) is 4.73. The fraction of sp³-hybridized carbons (Fsp3) is 0.500. The van der Waals surface area contributed by atoms with Crippen molar-refractivity contribution in [2.75, 3.05) is 26.4 Å². The zero-order valence-corrected chi connectivity index (χ0v) is 17.1. The van der Waals surface area contributed by atoms with Gasteiger partial charge >= 0.3 is 0 Å². The highest BCUT2D eigenvalue weighted by Gasteiger charge is 2.22. The molecule has 0 radical (unpaired) electrons. The van der Waals surface area contributed by atoms with Gasteiger partial charge in [-0.3, -0.25) is 19.0 Å². The van der Waals surface area contributed by atoms with Crippen LogP contribution in [0.5, 0.6) is 0 Å². The lowest BCUT2D eigenvalue weighted by atomic mass is 9.95. The molecule has 1 aliphatic rings. The first kappa shape index (κ1) is 20.4. The molecule has 3 rings (SSSR count). The predicted molar refractivity (Wildman–Crippen MR) is 111 cm³/mol. The summed E-state index contributed by atoms with van der Waals surface area (Å²) in [5, 5.41) is 3.80. The van der Waals surface area contributed by atoms with Crippen LogP contribution in [0.3, 0.4) is 0 Å². The third-order valence-electron chi connectivity index (χ3n) is 4.98. The van der Waals surface area contributed by atoms with Crippen LogP contribution in [0, 0.1) is 0 Å². The molecular formula is C20H26N4O3S. The SMILES string of the molecule is CN(C)C(=O)CNC(=O)CSc1nc2ccccc2c(=O)n1C1CCCCC1. The van der Waals surface area contributed by atoms with Crippen molar-refractivity contribution in [1.29, 1.82) is 0 Å². The number of benzene rings is 1. The Morgan fingerprint density at radius 1 is 1.21 bits per heavy atom. The number of para-hydroxylation sites is 1. The molecule has 1 heterocycles. The summed E-state index contributed by atoms with van der Waals surface area (Å²) in [4.78, 5) is 43.0. The zero-order valence-electron chi connectivity index (χ0n) is 16.3. The van der Waals surface area contributed by atoms with E-state index in [0.717, 1.165) is 25.7 Å². The fourth-order valence-corrected chi connectivity index (χ4v) is 4.30. The first-order chi connectivity index (χ1) is 13.5. The second kappa shape index (κ2) is 9.23. The average molecular weight is 403 g/mol. The first-order valence-corrected chi connectivity index (χ1v) is 10.6. The monoisotopic (exact) mass is 402 g/mol. The molecule has 7 nitrogen and oxygen atoms in total. The van der Waals surface area contributed by atoms with Crippen molar-refractivity contribution in [2.45, 2.75) is 43.3 Å². The molecule has 0 atom stereocenters. The number of aromatic nitrogens is 2. The van der Waals surface area contributed by atoms with Crippen LogP contribution in [-0.4, -0.2) is 52.7 Å². The van der Waals surface area contributed by atoms with Crippen LogP contribution in [0.2, 0.25) is 0 Å². The van der Waals surface area contributed by atoms with E-state index >= 15 is 0 Å². The van der Waals surface area contributed by atoms with E-state index < -0.39 is 0 Å². The second-order valence-electron chi connectivity index (χ2n) is 7.23. The van der Waals surface area contributed by atoms with Crippen molar-refractivity contribution in [1.82, 2.24) is 19.8 Å². The summed E-state index contributed by atoms with van der Waals surface area (Å²) < 4.78 is 1.78. The maximum Gasteiger partial charge on any atom is 0.262 e. The Hall–Kier alpha value is -2.35. The Kier molecular flexibility index (Phi) is 6.72. The second-order valence-corrected chi connectivity index (χ2v) is 8.17. The number of nitrogens with one attached hydrogen (secondary N) is 1. The van der Waals surface area contributed by atoms with Gasteiger partial charge in [0, 0.05) is 20.1 Å². The minimum Gasteiger partial charge on any atom is -0.347 e. The zero-order chi connectivity index (χ0) is 20.1. The van der Waals surface area contributed by atoms with Crippen LogP contribution in [0.15, 0.2) is 34.2 Å². The predicted octanol–water partition coefficient (Wildman–Crippen LogP) is 2.20. The topological polar surface area (TPSA) is 84.3 Å². The number of carbonyl (C=O) groups is 2. The Bertz CT molecular complexity index is 919. The molecule has 0 spiro atoms. The molecule has 1 N–H and O–H groups in total. The van der Waals surface area contributed by atoms with Gasteiger partial charge in [-0.1, -0.05) is 43.2 Å². The number of fused-ring (bicyclic) bond motifs is 1. The highest BCUT2D eigenvalue weighted by molar-refractivity contribution is 7.99. The molecule has 2 aromatic rings. The van der Waals surface area contributed by atoms with Gasteiger partial charge in [0.15, 0.2) is 5.16 Å². The van der Waals surface area contributed by atoms with Gasteiger partial charge in [-0.25, -0.2) is 4.98 Å². The fourth-order valence-electron chi connectivity index (χ4n) is 3.40. The highest BCUT2D eigenvalue weighted by Crippen LogP contribution is 2.30. The summed E-state index contributed by atoms with van der Waals surface area (Å²) in [5.41, 5.74) is 0.605. The molecule has 0 aliphatic heterocycles. The number of carbonyl (C=O) groups excluding carboxylic acids is 2. The molecule has 0 saturated heterocycles. The van der Waals surface area contributed by atoms with Crippen LogP contribution in [-0.2, 0) is 9.59 Å². The molecule has 8 heteroatoms. The Labute approximate surface area is 168 Å². The highest BCUT2D eigenvalue weighted by atomic mass is 32.2. The minimum atomic E-state index is -0.252. The molecule has 0 unspecified atom stereocenters. The van der Waals surface area contributed by atoms with Crippen LogP contribution >= 0.6 is 11.8 Å². The third-order valence-corrected chi connectivity index (χ3v) is 5.94. The largest absolute Gasteiger partial charge is 0.347 e. The van der Waals surface area contributed by atoms with Gasteiger partial charge in [-0.2, -0.15) is 0 Å². The minimum absolute atomic E-state index is 0.0347. The maximum atomic E-state index is 13.1. The van der Waals surface area contributed by atoms with Crippen molar-refractivity contribution < 1.29 is 9.59 Å². The lowest BCUT2D eigenvalue weighted by molar-refractivity contribution is -0.130. The number of rotatable bonds is 6. The van der Waals surface area contributed by atoms with Gasteiger partial charge in [0.2, 0.25) is 11.8 Å². The van der Waals surface area contributed by atoms with Crippen LogP contribution < -0.4 is 10.9 Å². The molecule has 1 aliphatic carbocycles. The summed E-state index contributed by atoms with van der Waals surface area (Å²) in [7, 11) is 3.29. The van der Waals surface area contributed by atoms with Crippen LogP contribution in [0.4, 0.5) is 0 Å². The summed E-state index contributed by atoms with van der Waals surface area (Å²) in [6.07, 6.45) is 5.30. The summed E-state index contributed by atoms with van der Waals surface area (Å²) >= 11 is 1.25. The van der Waals surface area contributed by atoms with Gasteiger partial charge in [0.05, 0.1) is 23.2 Å². The van der Waals surface area contributed by atoms with Crippen molar-refractivity contribution in [2.24, 2.45) is 0 Å². The number of amides is 2. The molecule has 1 aromatic heterocycles. The van der Waals surface area contributed by atoms with Gasteiger partial charge < -0.3 is 10.2 Å². The van der Waals surface area contributed by atoms with E-state index in [1.165, 1.54) is 23.1 Å². The number of thioether (sulfide) groups is 1. The molecular weight excluding hydrogens is 376 g/mol. The number of likely N-dealkylation sites (N-methyl/N-ethyl adjacent to an activating group) is 1. The van der Waals surface area contributed by atoms with E-state index in [-0.39, 0.29) is 35.7 Å². The molecule has 1 aromatic carbocycles. The molecule has 2 amide bonds. The first-order valence-electron chi connectivity index (χ1n) is 9.58. The normalized spacial score (nSPS) is 14.8. The molecule has 0 bridgehead atoms. The van der Waals surface area contributed by atoms with Gasteiger partial charge in [0.1, 0.15) is 0 Å². The Morgan fingerprint density at radius 3 is 2.64 bits per heavy atom. The Morgan fingerprint density at radius 2 is 1.93 bits per heavy atom. The van der Waals surface area contributed by atoms with Crippen molar-refractivity contribution in [3.05, 3.63) is 34.6 Å². The van der Waals surface area contributed by atoms with Crippen LogP contribution in [0.1, 0.15) is 38.1 Å². The van der Waals surface area contributed by atoms with E-state index in [0.29, 0.717) is 16.1 Å². The van der Waals surface area contributed by atoms with Crippen LogP contribution in [0.25, 0.3) is 10.9 Å². The van der Waals surface area contributed by atoms with Gasteiger partial charge in [-0.05, 0) is 25.0 Å². The van der Waals surface area contributed by atoms with Gasteiger partial charge in [0.25, 0.3) is 5.56 Å². The van der Waals surface area contributed by atoms with E-state index in [1.54, 1.807) is 24.7 Å². The van der Waals surface area contributed by atoms with Gasteiger partial charge in [-0.15, -0.1) is 0 Å². The molecule has 150 valence electrons. The van der Waals surface area contributed by atoms with Crippen molar-refractivity contribution in [3.63, 3.8) is 0 Å². The van der Waals surface area contributed by atoms with E-state index in [4.69, 9.17) is 0 Å². The molecule has 28 heavy (non-hydrogen) atoms. The average Bonchev–Trinajstić information content (AvgIpc) is 2.71. The summed E-state index contributed by atoms with van der Waals surface area (Å²) in [6.45, 7) is -0.0347. The number of hydrogen-bond donors (Lipinski definition) is 1. The number of nitrogens with zero attached hydrogens (tertiary/aromatic N) is 3. The lowest BCUT2D eigenvalue weighted by Gasteiger charge is -2.26. The summed E-state index contributed by atoms with van der Waals surface area (Å²) in [6, 6.07) is 7.45. The lowest BCUT2D eigenvalue weighted by Crippen LogP contribution is -2.37. The van der Waals surface area contributed by atoms with Crippen molar-refractivity contribution >= 4 is 34.5 Å². The smallest absolute Gasteiger partial charge is 0.262 e. The number of hydrogen-bond acceptors (Lipinski definition) is 5. The quantitative estimate of drug-likeness (QED) is 0.591. The summed E-state index contributed by atoms with van der Waals surface area (Å²) in [5.74, 6) is -0.308.